The highest BCUT2D eigenvalue weighted by Gasteiger charge is 2.31. The molecule has 2 aromatic carbocycles. The Bertz CT molecular complexity index is 1100. The van der Waals surface area contributed by atoms with Crippen molar-refractivity contribution in [1.82, 2.24) is 4.98 Å². The van der Waals surface area contributed by atoms with Crippen molar-refractivity contribution in [2.75, 3.05) is 12.0 Å². The van der Waals surface area contributed by atoms with Gasteiger partial charge in [-0.3, -0.25) is 9.69 Å². The number of anilines is 2. The molecule has 0 saturated heterocycles. The first kappa shape index (κ1) is 23.4. The summed E-state index contributed by atoms with van der Waals surface area (Å²) in [5.41, 5.74) is 0.805. The minimum atomic E-state index is -4.54. The van der Waals surface area contributed by atoms with Gasteiger partial charge >= 0.3 is 12.1 Å². The number of nitrogens with zero attached hydrogens (tertiary/aromatic N) is 2. The molecule has 3 aromatic rings. The van der Waals surface area contributed by atoms with Crippen LogP contribution in [0.25, 0.3) is 0 Å². The topological polar surface area (TPSA) is 68.7 Å². The summed E-state index contributed by atoms with van der Waals surface area (Å²) in [5, 5.41) is 1.75. The quantitative estimate of drug-likeness (QED) is 0.441. The molecule has 0 radical (unpaired) electrons. The van der Waals surface area contributed by atoms with E-state index in [1.54, 1.807) is 36.8 Å². The van der Waals surface area contributed by atoms with E-state index in [2.05, 4.69) is 4.98 Å². The number of hydrogen-bond donors (Lipinski definition) is 0. The number of hydrogen-bond acceptors (Lipinski definition) is 6. The second kappa shape index (κ2) is 9.92. The van der Waals surface area contributed by atoms with Crippen molar-refractivity contribution in [3.05, 3.63) is 76.3 Å². The van der Waals surface area contributed by atoms with Gasteiger partial charge in [-0.2, -0.15) is 13.2 Å². The molecule has 0 N–H and O–H groups in total. The Morgan fingerprint density at radius 2 is 1.81 bits per heavy atom. The van der Waals surface area contributed by atoms with Gasteiger partial charge < -0.3 is 9.47 Å². The lowest BCUT2D eigenvalue weighted by atomic mass is 10.1. The summed E-state index contributed by atoms with van der Waals surface area (Å²) < 4.78 is 49.4. The minimum absolute atomic E-state index is 0.0429. The molecule has 6 nitrogen and oxygen atoms in total. The summed E-state index contributed by atoms with van der Waals surface area (Å²) in [4.78, 5) is 29.7. The third kappa shape index (κ3) is 5.71. The average molecular weight is 464 g/mol. The number of aromatic nitrogens is 1. The molecule has 0 aliphatic carbocycles. The summed E-state index contributed by atoms with van der Waals surface area (Å²) in [5.74, 6) is -1.05. The van der Waals surface area contributed by atoms with E-state index in [1.807, 2.05) is 0 Å². The summed E-state index contributed by atoms with van der Waals surface area (Å²) in [6, 6.07) is 11.2. The highest BCUT2D eigenvalue weighted by Crippen LogP contribution is 2.35. The van der Waals surface area contributed by atoms with Gasteiger partial charge in [0.05, 0.1) is 29.1 Å². The zero-order valence-electron chi connectivity index (χ0n) is 17.2. The molecule has 1 aromatic heterocycles. The Hall–Kier alpha value is -3.24. The number of carbonyl (C=O) groups excluding carboxylic acids is 2. The fourth-order valence-corrected chi connectivity index (χ4v) is 3.71. The normalized spacial score (nSPS) is 11.3. The van der Waals surface area contributed by atoms with E-state index in [0.29, 0.717) is 17.9 Å². The molecular weight excluding hydrogens is 445 g/mol. The van der Waals surface area contributed by atoms with Gasteiger partial charge in [0.2, 0.25) is 5.91 Å². The lowest BCUT2D eigenvalue weighted by molar-refractivity contribution is -0.137. The monoisotopic (exact) mass is 464 g/mol. The number of benzene rings is 2. The first-order valence-electron chi connectivity index (χ1n) is 9.36. The van der Waals surface area contributed by atoms with E-state index < -0.39 is 23.6 Å². The van der Waals surface area contributed by atoms with Gasteiger partial charge in [0.25, 0.3) is 0 Å². The molecule has 0 fully saturated rings. The molecule has 0 aliphatic heterocycles. The van der Waals surface area contributed by atoms with Crippen LogP contribution in [0.1, 0.15) is 34.1 Å². The number of rotatable bonds is 7. The molecule has 1 amide bonds. The van der Waals surface area contributed by atoms with Gasteiger partial charge in [0.1, 0.15) is 6.61 Å². The Morgan fingerprint density at radius 3 is 2.44 bits per heavy atom. The van der Waals surface area contributed by atoms with Crippen LogP contribution in [-0.4, -0.2) is 24.0 Å². The first-order valence-corrected chi connectivity index (χ1v) is 10.2. The van der Waals surface area contributed by atoms with Crippen molar-refractivity contribution in [2.45, 2.75) is 26.3 Å². The van der Waals surface area contributed by atoms with Crippen LogP contribution in [0.15, 0.2) is 53.9 Å². The number of amides is 1. The zero-order valence-corrected chi connectivity index (χ0v) is 18.0. The summed E-state index contributed by atoms with van der Waals surface area (Å²) in [7, 11) is 1.57. The lowest BCUT2D eigenvalue weighted by Crippen LogP contribution is -2.23. The molecule has 168 valence electrons. The predicted octanol–water partition coefficient (Wildman–Crippen LogP) is 5.35. The van der Waals surface area contributed by atoms with Gasteiger partial charge in [0.15, 0.2) is 5.13 Å². The van der Waals surface area contributed by atoms with Crippen LogP contribution in [0.2, 0.25) is 0 Å². The number of ether oxygens (including phenoxy) is 2. The molecule has 0 saturated carbocycles. The number of esters is 1. The summed E-state index contributed by atoms with van der Waals surface area (Å²) in [6.07, 6.45) is -4.54. The molecule has 0 spiro atoms. The number of carbonyl (C=O) groups is 2. The van der Waals surface area contributed by atoms with Crippen LogP contribution in [0.5, 0.6) is 0 Å². The van der Waals surface area contributed by atoms with Crippen molar-refractivity contribution < 1.29 is 32.2 Å². The number of alkyl halides is 3. The van der Waals surface area contributed by atoms with Gasteiger partial charge in [-0.25, -0.2) is 9.78 Å². The highest BCUT2D eigenvalue weighted by atomic mass is 32.1. The summed E-state index contributed by atoms with van der Waals surface area (Å²) >= 11 is 1.06. The van der Waals surface area contributed by atoms with Crippen LogP contribution in [-0.2, 0) is 33.7 Å². The van der Waals surface area contributed by atoms with E-state index in [0.717, 1.165) is 33.9 Å². The molecule has 10 heteroatoms. The third-order valence-corrected chi connectivity index (χ3v) is 5.20. The number of thiazole rings is 1. The highest BCUT2D eigenvalue weighted by molar-refractivity contribution is 7.14. The van der Waals surface area contributed by atoms with Crippen LogP contribution < -0.4 is 4.90 Å². The molecule has 1 heterocycles. The maximum atomic E-state index is 13.0. The Kier molecular flexibility index (Phi) is 7.26. The zero-order chi connectivity index (χ0) is 23.3. The van der Waals surface area contributed by atoms with Crippen molar-refractivity contribution >= 4 is 34.0 Å². The van der Waals surface area contributed by atoms with Crippen LogP contribution in [0.3, 0.4) is 0 Å². The molecule has 0 bridgehead atoms. The minimum Gasteiger partial charge on any atom is -0.456 e. The lowest BCUT2D eigenvalue weighted by Gasteiger charge is -2.19. The van der Waals surface area contributed by atoms with Crippen molar-refractivity contribution in [3.8, 4) is 0 Å². The Labute approximate surface area is 186 Å². The SMILES string of the molecule is COCc1ccc(C(=O)OCc2csc(N(C(C)=O)c3cccc(C(F)(F)F)c3)n2)cc1. The van der Waals surface area contributed by atoms with E-state index in [4.69, 9.17) is 9.47 Å². The third-order valence-electron chi connectivity index (χ3n) is 4.33. The predicted molar refractivity (Wildman–Crippen MR) is 113 cm³/mol. The van der Waals surface area contributed by atoms with Gasteiger partial charge in [-0.05, 0) is 35.9 Å². The fourth-order valence-electron chi connectivity index (χ4n) is 2.84. The molecular formula is C22H19F3N2O4S. The van der Waals surface area contributed by atoms with Crippen molar-refractivity contribution in [1.29, 1.82) is 0 Å². The molecule has 0 unspecified atom stereocenters. The Balaban J connectivity index is 1.72. The largest absolute Gasteiger partial charge is 0.456 e. The van der Waals surface area contributed by atoms with Gasteiger partial charge in [0, 0.05) is 19.4 Å². The smallest absolute Gasteiger partial charge is 0.416 e. The molecule has 0 atom stereocenters. The average Bonchev–Trinajstić information content (AvgIpc) is 3.20. The second-order valence-electron chi connectivity index (χ2n) is 6.73. The molecule has 3 rings (SSSR count). The van der Waals surface area contributed by atoms with E-state index in [9.17, 15) is 22.8 Å². The van der Waals surface area contributed by atoms with E-state index >= 15 is 0 Å². The van der Waals surface area contributed by atoms with E-state index in [1.165, 1.54) is 19.1 Å². The molecule has 32 heavy (non-hydrogen) atoms. The number of halogens is 3. The summed E-state index contributed by atoms with van der Waals surface area (Å²) in [6.45, 7) is 1.51. The van der Waals surface area contributed by atoms with Gasteiger partial charge in [-0.1, -0.05) is 18.2 Å². The molecule has 0 aliphatic rings. The van der Waals surface area contributed by atoms with Crippen LogP contribution >= 0.6 is 11.3 Å². The maximum absolute atomic E-state index is 13.0. The van der Waals surface area contributed by atoms with Crippen LogP contribution in [0.4, 0.5) is 24.0 Å². The standard InChI is InChI=1S/C22H19F3N2O4S/c1-14(28)27(19-5-3-4-17(10-19)22(23,24)25)21-26-18(13-32-21)12-31-20(29)16-8-6-15(7-9-16)11-30-2/h3-10,13H,11-12H2,1-2H3. The second-order valence-corrected chi connectivity index (χ2v) is 7.57. The van der Waals surface area contributed by atoms with Gasteiger partial charge in [-0.15, -0.1) is 11.3 Å². The fraction of sp³-hybridized carbons (Fsp3) is 0.227. The Morgan fingerprint density at radius 1 is 1.09 bits per heavy atom. The van der Waals surface area contributed by atoms with Crippen LogP contribution in [0, 0.1) is 0 Å². The first-order chi connectivity index (χ1) is 15.2. The van der Waals surface area contributed by atoms with Crippen molar-refractivity contribution in [3.63, 3.8) is 0 Å². The number of methoxy groups -OCH3 is 1. The van der Waals surface area contributed by atoms with E-state index in [-0.39, 0.29) is 17.4 Å². The van der Waals surface area contributed by atoms with Crippen molar-refractivity contribution in [2.24, 2.45) is 0 Å². The maximum Gasteiger partial charge on any atom is 0.416 e.